The summed E-state index contributed by atoms with van der Waals surface area (Å²) in [6.45, 7) is 0. The van der Waals surface area contributed by atoms with Gasteiger partial charge in [0.05, 0.1) is 0 Å². The summed E-state index contributed by atoms with van der Waals surface area (Å²) in [5.41, 5.74) is 0. The molecule has 0 bridgehead atoms. The van der Waals surface area contributed by atoms with Crippen LogP contribution < -0.4 is 0 Å². The molecular weight excluding hydrogens is 126 g/mol. The number of carbonyl (C=O) groups is 1. The molecule has 0 saturated heterocycles. The van der Waals surface area contributed by atoms with Gasteiger partial charge in [-0.1, -0.05) is 6.08 Å². The largest absolute Gasteiger partial charge is 0.295 e. The Kier molecular flexibility index (Phi) is 2.62. The Hall–Kier alpha value is -1.18. The second-order valence-electron chi connectivity index (χ2n) is 2.05. The molecule has 0 spiro atoms. The second kappa shape index (κ2) is 3.77. The van der Waals surface area contributed by atoms with E-state index < -0.39 is 0 Å². The molecule has 2 nitrogen and oxygen atoms in total. The summed E-state index contributed by atoms with van der Waals surface area (Å²) in [5.74, 6) is 0.142. The summed E-state index contributed by atoms with van der Waals surface area (Å²) in [5, 5.41) is 0. The smallest absolute Gasteiger partial charge is 0.157 e. The predicted octanol–water partition coefficient (Wildman–Crippen LogP) is 1.49. The topological polar surface area (TPSA) is 29.4 Å². The van der Waals surface area contributed by atoms with Gasteiger partial charge in [-0.25, -0.2) is 0 Å². The molecule has 1 aliphatic rings. The number of nitrogens with zero attached hydrogens (tertiary/aromatic N) is 1. The van der Waals surface area contributed by atoms with Gasteiger partial charge in [-0.15, -0.1) is 0 Å². The van der Waals surface area contributed by atoms with Crippen LogP contribution in [0.5, 0.6) is 0 Å². The van der Waals surface area contributed by atoms with Crippen LogP contribution in [0.15, 0.2) is 29.4 Å². The molecule has 0 radical (unpaired) electrons. The molecule has 0 aromatic rings. The minimum atomic E-state index is 0.142. The van der Waals surface area contributed by atoms with Crippen molar-refractivity contribution in [2.45, 2.75) is 12.8 Å². The normalized spacial score (nSPS) is 18.2. The Morgan fingerprint density at radius 1 is 1.50 bits per heavy atom. The van der Waals surface area contributed by atoms with E-state index in [-0.39, 0.29) is 5.78 Å². The van der Waals surface area contributed by atoms with E-state index in [0.717, 1.165) is 6.42 Å². The van der Waals surface area contributed by atoms with Crippen LogP contribution in [0.25, 0.3) is 0 Å². The Labute approximate surface area is 60.0 Å². The maximum Gasteiger partial charge on any atom is 0.157 e. The van der Waals surface area contributed by atoms with E-state index >= 15 is 0 Å². The van der Waals surface area contributed by atoms with Gasteiger partial charge in [0, 0.05) is 18.8 Å². The van der Waals surface area contributed by atoms with Crippen LogP contribution in [0.1, 0.15) is 12.8 Å². The molecular formula is C8H9NO. The summed E-state index contributed by atoms with van der Waals surface area (Å²) in [4.78, 5) is 14.6. The molecule has 0 amide bonds. The van der Waals surface area contributed by atoms with Crippen molar-refractivity contribution in [1.82, 2.24) is 0 Å². The first-order valence-electron chi connectivity index (χ1n) is 3.27. The van der Waals surface area contributed by atoms with E-state index in [4.69, 9.17) is 0 Å². The molecule has 52 valence electrons. The highest BCUT2D eigenvalue weighted by Gasteiger charge is 1.93. The summed E-state index contributed by atoms with van der Waals surface area (Å²) in [6, 6.07) is 0. The molecule has 1 heterocycles. The second-order valence-corrected chi connectivity index (χ2v) is 2.05. The van der Waals surface area contributed by atoms with E-state index in [2.05, 4.69) is 4.99 Å². The lowest BCUT2D eigenvalue weighted by Crippen LogP contribution is -1.89. The molecule has 0 fully saturated rings. The molecule has 1 aliphatic heterocycles. The SMILES string of the molecule is O=C1C=CN=CC=CCC1. The Morgan fingerprint density at radius 2 is 2.40 bits per heavy atom. The van der Waals surface area contributed by atoms with Gasteiger partial charge in [-0.05, 0) is 18.6 Å². The van der Waals surface area contributed by atoms with Crippen LogP contribution in [0.4, 0.5) is 0 Å². The third-order valence-electron chi connectivity index (χ3n) is 1.21. The molecule has 0 N–H and O–H groups in total. The quantitative estimate of drug-likeness (QED) is 0.494. The molecule has 0 aromatic carbocycles. The van der Waals surface area contributed by atoms with Gasteiger partial charge in [-0.2, -0.15) is 0 Å². The third kappa shape index (κ3) is 2.40. The van der Waals surface area contributed by atoms with Crippen molar-refractivity contribution in [3.8, 4) is 0 Å². The summed E-state index contributed by atoms with van der Waals surface area (Å²) in [6.07, 6.45) is 9.90. The van der Waals surface area contributed by atoms with Gasteiger partial charge in [0.2, 0.25) is 0 Å². The van der Waals surface area contributed by atoms with Crippen molar-refractivity contribution in [3.63, 3.8) is 0 Å². The number of allylic oxidation sites excluding steroid dienone is 3. The van der Waals surface area contributed by atoms with Gasteiger partial charge < -0.3 is 0 Å². The van der Waals surface area contributed by atoms with Gasteiger partial charge in [0.1, 0.15) is 0 Å². The average molecular weight is 135 g/mol. The van der Waals surface area contributed by atoms with Crippen molar-refractivity contribution in [2.24, 2.45) is 4.99 Å². The van der Waals surface area contributed by atoms with E-state index in [9.17, 15) is 4.79 Å². The lowest BCUT2D eigenvalue weighted by atomic mass is 10.2. The molecule has 0 unspecified atom stereocenters. The van der Waals surface area contributed by atoms with Crippen molar-refractivity contribution in [2.75, 3.05) is 0 Å². The van der Waals surface area contributed by atoms with Gasteiger partial charge in [0.25, 0.3) is 0 Å². The van der Waals surface area contributed by atoms with Crippen molar-refractivity contribution >= 4 is 12.0 Å². The van der Waals surface area contributed by atoms with Crippen molar-refractivity contribution < 1.29 is 4.79 Å². The average Bonchev–Trinajstić information content (AvgIpc) is 2.02. The Bertz CT molecular complexity index is 201. The van der Waals surface area contributed by atoms with Crippen molar-refractivity contribution in [3.05, 3.63) is 24.4 Å². The fourth-order valence-electron chi connectivity index (χ4n) is 0.692. The maximum absolute atomic E-state index is 10.8. The Balaban J connectivity index is 2.62. The predicted molar refractivity (Wildman–Crippen MR) is 41.0 cm³/mol. The maximum atomic E-state index is 10.8. The zero-order valence-corrected chi connectivity index (χ0v) is 5.66. The van der Waals surface area contributed by atoms with Crippen LogP contribution >= 0.6 is 0 Å². The highest BCUT2D eigenvalue weighted by Crippen LogP contribution is 1.95. The summed E-state index contributed by atoms with van der Waals surface area (Å²) in [7, 11) is 0. The van der Waals surface area contributed by atoms with Crippen LogP contribution in [0, 0.1) is 0 Å². The number of hydrogen-bond donors (Lipinski definition) is 0. The zero-order chi connectivity index (χ0) is 7.23. The minimum Gasteiger partial charge on any atom is -0.295 e. The number of carbonyl (C=O) groups excluding carboxylic acids is 1. The van der Waals surface area contributed by atoms with Crippen LogP contribution in [0.3, 0.4) is 0 Å². The molecule has 0 aromatic heterocycles. The number of hydrogen-bond acceptors (Lipinski definition) is 2. The first-order chi connectivity index (χ1) is 4.89. The molecule has 0 aliphatic carbocycles. The van der Waals surface area contributed by atoms with Crippen LogP contribution in [0.2, 0.25) is 0 Å². The van der Waals surface area contributed by atoms with Gasteiger partial charge in [0.15, 0.2) is 5.78 Å². The lowest BCUT2D eigenvalue weighted by Gasteiger charge is -1.85. The molecule has 2 heteroatoms. The fraction of sp³-hybridized carbons (Fsp3) is 0.250. The summed E-state index contributed by atoms with van der Waals surface area (Å²) < 4.78 is 0. The monoisotopic (exact) mass is 135 g/mol. The van der Waals surface area contributed by atoms with Crippen LogP contribution in [-0.2, 0) is 4.79 Å². The molecule has 0 saturated carbocycles. The molecule has 1 rings (SSSR count). The third-order valence-corrected chi connectivity index (χ3v) is 1.21. The zero-order valence-electron chi connectivity index (χ0n) is 5.66. The summed E-state index contributed by atoms with van der Waals surface area (Å²) >= 11 is 0. The lowest BCUT2D eigenvalue weighted by molar-refractivity contribution is -0.114. The van der Waals surface area contributed by atoms with E-state index in [1.54, 1.807) is 6.21 Å². The van der Waals surface area contributed by atoms with Gasteiger partial charge in [-0.3, -0.25) is 9.79 Å². The molecule has 0 atom stereocenters. The first-order valence-corrected chi connectivity index (χ1v) is 3.27. The fourth-order valence-corrected chi connectivity index (χ4v) is 0.692. The van der Waals surface area contributed by atoms with E-state index in [1.807, 2.05) is 12.2 Å². The first kappa shape index (κ1) is 6.93. The standard InChI is InChI=1S/C8H9NO/c10-8-4-2-1-3-6-9-7-5-8/h1,3,5-7H,2,4H2. The highest BCUT2D eigenvalue weighted by molar-refractivity contribution is 5.90. The highest BCUT2D eigenvalue weighted by atomic mass is 16.1. The Morgan fingerprint density at radius 3 is 3.30 bits per heavy atom. The van der Waals surface area contributed by atoms with Gasteiger partial charge >= 0.3 is 0 Å². The number of ketones is 1. The van der Waals surface area contributed by atoms with Crippen LogP contribution in [-0.4, -0.2) is 12.0 Å². The number of aliphatic imine (C=N–C) groups is 1. The van der Waals surface area contributed by atoms with E-state index in [1.165, 1.54) is 12.3 Å². The minimum absolute atomic E-state index is 0.142. The van der Waals surface area contributed by atoms with Crippen molar-refractivity contribution in [1.29, 1.82) is 0 Å². The number of rotatable bonds is 0. The molecule has 10 heavy (non-hydrogen) atoms. The van der Waals surface area contributed by atoms with E-state index in [0.29, 0.717) is 6.42 Å².